The second-order valence-electron chi connectivity index (χ2n) is 5.00. The first-order valence-electron chi connectivity index (χ1n) is 6.73. The Bertz CT molecular complexity index is 665. The molecule has 0 saturated carbocycles. The van der Waals surface area contributed by atoms with Gasteiger partial charge in [-0.3, -0.25) is 0 Å². The predicted molar refractivity (Wildman–Crippen MR) is 85.2 cm³/mol. The molecule has 0 amide bonds. The topological polar surface area (TPSA) is 21.3 Å². The van der Waals surface area contributed by atoms with Crippen LogP contribution in [0.25, 0.3) is 0 Å². The summed E-state index contributed by atoms with van der Waals surface area (Å²) in [6, 6.07) is 11.0. The molecule has 2 aromatic rings. The van der Waals surface area contributed by atoms with Crippen LogP contribution in [0.3, 0.4) is 0 Å². The van der Waals surface area contributed by atoms with E-state index in [4.69, 9.17) is 16.3 Å². The normalized spacial score (nSPS) is 17.2. The molecule has 110 valence electrons. The van der Waals surface area contributed by atoms with Crippen LogP contribution in [0.5, 0.6) is 5.75 Å². The van der Waals surface area contributed by atoms with Crippen LogP contribution in [0.2, 0.25) is 5.02 Å². The first-order chi connectivity index (χ1) is 10.1. The molecule has 1 N–H and O–H groups in total. The van der Waals surface area contributed by atoms with Crippen LogP contribution in [-0.2, 0) is 6.54 Å². The Balaban J connectivity index is 1.74. The molecule has 0 spiro atoms. The summed E-state index contributed by atoms with van der Waals surface area (Å²) in [5.41, 5.74) is 2.10. The molecule has 0 bridgehead atoms. The molecule has 1 aliphatic heterocycles. The molecule has 0 aliphatic carbocycles. The summed E-state index contributed by atoms with van der Waals surface area (Å²) >= 11 is 9.30. The lowest BCUT2D eigenvalue weighted by Gasteiger charge is -2.27. The zero-order valence-corrected chi connectivity index (χ0v) is 13.5. The summed E-state index contributed by atoms with van der Waals surface area (Å²) in [6.07, 6.45) is 0.901. The average Bonchev–Trinajstić information content (AvgIpc) is 2.48. The van der Waals surface area contributed by atoms with E-state index in [2.05, 4.69) is 27.3 Å². The molecule has 2 nitrogen and oxygen atoms in total. The van der Waals surface area contributed by atoms with Gasteiger partial charge in [-0.05, 0) is 35.9 Å². The summed E-state index contributed by atoms with van der Waals surface area (Å²) in [7, 11) is 0. The molecule has 21 heavy (non-hydrogen) atoms. The van der Waals surface area contributed by atoms with E-state index in [0.717, 1.165) is 27.8 Å². The number of halogens is 3. The van der Waals surface area contributed by atoms with E-state index in [1.807, 2.05) is 12.1 Å². The van der Waals surface area contributed by atoms with Crippen LogP contribution in [0.15, 0.2) is 40.9 Å². The van der Waals surface area contributed by atoms with Crippen LogP contribution >= 0.6 is 27.5 Å². The fourth-order valence-corrected chi connectivity index (χ4v) is 3.05. The molecule has 1 atom stereocenters. The molecule has 3 rings (SSSR count). The lowest BCUT2D eigenvalue weighted by Crippen LogP contribution is -2.26. The highest BCUT2D eigenvalue weighted by atomic mass is 79.9. The summed E-state index contributed by atoms with van der Waals surface area (Å²) < 4.78 is 19.9. The monoisotopic (exact) mass is 369 g/mol. The van der Waals surface area contributed by atoms with Crippen molar-refractivity contribution in [1.29, 1.82) is 0 Å². The number of ether oxygens (including phenoxy) is 1. The van der Waals surface area contributed by atoms with Gasteiger partial charge in [-0.15, -0.1) is 0 Å². The van der Waals surface area contributed by atoms with Crippen LogP contribution in [0.1, 0.15) is 23.6 Å². The summed E-state index contributed by atoms with van der Waals surface area (Å²) in [6.45, 7) is 1.33. The number of hydrogen-bond donors (Lipinski definition) is 1. The SMILES string of the molecule is Fc1ccc(CNC2CCOc3ccc(Br)cc32)cc1Cl. The quantitative estimate of drug-likeness (QED) is 0.833. The Morgan fingerprint density at radius 3 is 2.95 bits per heavy atom. The minimum absolute atomic E-state index is 0.157. The Morgan fingerprint density at radius 2 is 2.14 bits per heavy atom. The van der Waals surface area contributed by atoms with E-state index in [1.54, 1.807) is 12.1 Å². The maximum atomic E-state index is 13.2. The van der Waals surface area contributed by atoms with E-state index >= 15 is 0 Å². The van der Waals surface area contributed by atoms with Crippen molar-refractivity contribution in [3.05, 3.63) is 62.8 Å². The Labute approximate surface area is 136 Å². The van der Waals surface area contributed by atoms with Gasteiger partial charge >= 0.3 is 0 Å². The van der Waals surface area contributed by atoms with Gasteiger partial charge in [0.2, 0.25) is 0 Å². The Hall–Kier alpha value is -1.10. The van der Waals surface area contributed by atoms with Crippen molar-refractivity contribution in [2.24, 2.45) is 0 Å². The van der Waals surface area contributed by atoms with Gasteiger partial charge in [-0.2, -0.15) is 0 Å². The number of nitrogens with one attached hydrogen (secondary N) is 1. The van der Waals surface area contributed by atoms with Gasteiger partial charge < -0.3 is 10.1 Å². The molecule has 0 saturated heterocycles. The third-order valence-electron chi connectivity index (χ3n) is 3.55. The first kappa shape index (κ1) is 14.8. The van der Waals surface area contributed by atoms with Gasteiger partial charge in [-0.1, -0.05) is 33.6 Å². The molecule has 5 heteroatoms. The third-order valence-corrected chi connectivity index (χ3v) is 4.33. The molecule has 1 unspecified atom stereocenters. The van der Waals surface area contributed by atoms with Gasteiger partial charge in [0.25, 0.3) is 0 Å². The fraction of sp³-hybridized carbons (Fsp3) is 0.250. The van der Waals surface area contributed by atoms with E-state index < -0.39 is 0 Å². The molecule has 1 aliphatic rings. The lowest BCUT2D eigenvalue weighted by molar-refractivity contribution is 0.252. The number of rotatable bonds is 3. The highest BCUT2D eigenvalue weighted by Gasteiger charge is 2.21. The number of fused-ring (bicyclic) bond motifs is 1. The van der Waals surface area contributed by atoms with Crippen molar-refractivity contribution in [3.8, 4) is 5.75 Å². The smallest absolute Gasteiger partial charge is 0.141 e. The van der Waals surface area contributed by atoms with Crippen molar-refractivity contribution >= 4 is 27.5 Å². The maximum absolute atomic E-state index is 13.2. The predicted octanol–water partition coefficient (Wildman–Crippen LogP) is 4.86. The molecule has 0 aromatic heterocycles. The van der Waals surface area contributed by atoms with E-state index in [0.29, 0.717) is 13.2 Å². The fourth-order valence-electron chi connectivity index (χ4n) is 2.47. The van der Waals surface area contributed by atoms with E-state index in [-0.39, 0.29) is 16.9 Å². The van der Waals surface area contributed by atoms with Crippen molar-refractivity contribution in [2.45, 2.75) is 19.0 Å². The van der Waals surface area contributed by atoms with Crippen LogP contribution in [0, 0.1) is 5.82 Å². The average molecular weight is 371 g/mol. The van der Waals surface area contributed by atoms with Crippen molar-refractivity contribution in [1.82, 2.24) is 5.32 Å². The highest BCUT2D eigenvalue weighted by Crippen LogP contribution is 2.34. The van der Waals surface area contributed by atoms with Crippen LogP contribution in [-0.4, -0.2) is 6.61 Å². The van der Waals surface area contributed by atoms with E-state index in [9.17, 15) is 4.39 Å². The molecule has 0 radical (unpaired) electrons. The number of benzene rings is 2. The molecule has 1 heterocycles. The molecule has 2 aromatic carbocycles. The van der Waals surface area contributed by atoms with Crippen molar-refractivity contribution < 1.29 is 9.13 Å². The molecule has 0 fully saturated rings. The lowest BCUT2D eigenvalue weighted by atomic mass is 10.0. The Morgan fingerprint density at radius 1 is 1.29 bits per heavy atom. The van der Waals surface area contributed by atoms with Gasteiger partial charge in [0.15, 0.2) is 0 Å². The van der Waals surface area contributed by atoms with Gasteiger partial charge in [-0.25, -0.2) is 4.39 Å². The third kappa shape index (κ3) is 3.39. The zero-order valence-electron chi connectivity index (χ0n) is 11.2. The zero-order chi connectivity index (χ0) is 14.8. The van der Waals surface area contributed by atoms with Crippen LogP contribution < -0.4 is 10.1 Å². The summed E-state index contributed by atoms with van der Waals surface area (Å²) in [4.78, 5) is 0. The maximum Gasteiger partial charge on any atom is 0.141 e. The van der Waals surface area contributed by atoms with Gasteiger partial charge in [0.1, 0.15) is 11.6 Å². The second kappa shape index (κ2) is 6.34. The second-order valence-corrected chi connectivity index (χ2v) is 6.32. The standard InChI is InChI=1S/C16H14BrClFNO/c17-11-2-4-16-12(8-11)15(5-6-21-16)20-9-10-1-3-14(19)13(18)7-10/h1-4,7-8,15,20H,5-6,9H2. The largest absolute Gasteiger partial charge is 0.493 e. The summed E-state index contributed by atoms with van der Waals surface area (Å²) in [5, 5.41) is 3.64. The molecular weight excluding hydrogens is 357 g/mol. The molecular formula is C16H14BrClFNO. The Kier molecular flexibility index (Phi) is 4.48. The highest BCUT2D eigenvalue weighted by molar-refractivity contribution is 9.10. The summed E-state index contributed by atoms with van der Waals surface area (Å²) in [5.74, 6) is 0.528. The van der Waals surface area contributed by atoms with Crippen molar-refractivity contribution in [2.75, 3.05) is 6.61 Å². The minimum atomic E-state index is -0.388. The van der Waals surface area contributed by atoms with Gasteiger partial charge in [0.05, 0.1) is 11.6 Å². The van der Waals surface area contributed by atoms with Crippen LogP contribution in [0.4, 0.5) is 4.39 Å². The van der Waals surface area contributed by atoms with Gasteiger partial charge in [0, 0.05) is 29.0 Å². The van der Waals surface area contributed by atoms with Crippen molar-refractivity contribution in [3.63, 3.8) is 0 Å². The minimum Gasteiger partial charge on any atom is -0.493 e. The first-order valence-corrected chi connectivity index (χ1v) is 7.90. The van der Waals surface area contributed by atoms with E-state index in [1.165, 1.54) is 6.07 Å². The number of hydrogen-bond acceptors (Lipinski definition) is 2.